The van der Waals surface area contributed by atoms with Crippen molar-refractivity contribution in [2.45, 2.75) is 76.7 Å². The number of anilines is 3. The molecule has 1 atom stereocenters. The maximum atomic E-state index is 11.5. The van der Waals surface area contributed by atoms with E-state index in [1.54, 1.807) is 11.8 Å². The highest BCUT2D eigenvalue weighted by Gasteiger charge is 2.21. The minimum atomic E-state index is -4.09. The topological polar surface area (TPSA) is 190 Å². The lowest BCUT2D eigenvalue weighted by Gasteiger charge is -2.33. The van der Waals surface area contributed by atoms with Crippen LogP contribution in [0.5, 0.6) is 0 Å². The molecule has 1 aliphatic carbocycles. The van der Waals surface area contributed by atoms with Crippen LogP contribution in [0.4, 0.5) is 17.1 Å². The fourth-order valence-electron chi connectivity index (χ4n) is 6.75. The highest BCUT2D eigenvalue weighted by atomic mass is 32.2. The summed E-state index contributed by atoms with van der Waals surface area (Å²) in [6, 6.07) is 23.4. The predicted molar refractivity (Wildman–Crippen MR) is 235 cm³/mol. The van der Waals surface area contributed by atoms with Crippen LogP contribution in [-0.2, 0) is 20.2 Å². The monoisotopic (exact) mass is 834 g/mol. The summed E-state index contributed by atoms with van der Waals surface area (Å²) in [4.78, 5) is 9.54. The van der Waals surface area contributed by atoms with E-state index in [0.717, 1.165) is 68.4 Å². The second-order valence-electron chi connectivity index (χ2n) is 14.1. The van der Waals surface area contributed by atoms with Crippen LogP contribution in [-0.4, -0.2) is 63.1 Å². The average molecular weight is 835 g/mol. The van der Waals surface area contributed by atoms with Crippen molar-refractivity contribution in [2.75, 3.05) is 46.7 Å². The van der Waals surface area contributed by atoms with Crippen LogP contribution in [0.3, 0.4) is 0 Å². The molecule has 0 bridgehead atoms. The number of nitrogen functional groups attached to an aromatic ring is 1. The Morgan fingerprint density at radius 3 is 2.07 bits per heavy atom. The van der Waals surface area contributed by atoms with E-state index >= 15 is 0 Å². The fourth-order valence-corrected chi connectivity index (χ4v) is 9.00. The molecule has 15 heteroatoms. The molecule has 4 N–H and O–H groups in total. The highest BCUT2D eigenvalue weighted by Crippen LogP contribution is 2.42. The number of benzene rings is 3. The van der Waals surface area contributed by atoms with E-state index < -0.39 is 20.2 Å². The summed E-state index contributed by atoms with van der Waals surface area (Å²) >= 11 is 1.67. The third-order valence-electron chi connectivity index (χ3n) is 9.70. The Labute approximate surface area is 342 Å². The molecule has 3 aromatic rings. The summed E-state index contributed by atoms with van der Waals surface area (Å²) in [5, 5.41) is 3.98. The zero-order chi connectivity index (χ0) is 41.4. The normalized spacial score (nSPS) is 15.2. The van der Waals surface area contributed by atoms with E-state index in [9.17, 15) is 31.5 Å². The molecule has 0 spiro atoms. The zero-order valence-electron chi connectivity index (χ0n) is 32.9. The van der Waals surface area contributed by atoms with Crippen molar-refractivity contribution in [1.82, 2.24) is 0 Å². The zero-order valence-corrected chi connectivity index (χ0v) is 35.3. The number of nitrogens with two attached hydrogens (primary N) is 1. The van der Waals surface area contributed by atoms with Crippen molar-refractivity contribution >= 4 is 49.1 Å². The van der Waals surface area contributed by atoms with Crippen molar-refractivity contribution in [2.24, 2.45) is 5.11 Å². The Bertz CT molecular complexity index is 2210. The fraction of sp³-hybridized carbons (Fsp3) is 0.381. The van der Waals surface area contributed by atoms with E-state index in [0.29, 0.717) is 38.0 Å². The Morgan fingerprint density at radius 2 is 1.47 bits per heavy atom. The third kappa shape index (κ3) is 15.1. The summed E-state index contributed by atoms with van der Waals surface area (Å²) in [6.45, 7) is 7.30. The molecule has 0 aliphatic heterocycles. The first-order valence-electron chi connectivity index (χ1n) is 19.0. The van der Waals surface area contributed by atoms with Crippen molar-refractivity contribution < 1.29 is 25.9 Å². The standard InChI is InChI=1S/C42H54N6O6S3/c1-32-13-4-6-17-40(32)47(27-8-10-29-56(49,50)51)34(3)19-20-35-15-12-16-36(42(35)55-39-25-22-37(43)23-26-39)21-24-38(31-45-46-44)48(28-9-11-30-57(52,53)54)41-18-7-5-14-33(41)2/h4-7,13-14,17-26,38H,8-12,15-16,27-31,43H2,1-3H3,(H,49,50,51)(H,52,53,54)/b24-21+,34-19+,35-20+. The second-order valence-corrected chi connectivity index (χ2v) is 18.4. The summed E-state index contributed by atoms with van der Waals surface area (Å²) in [7, 11) is -8.13. The van der Waals surface area contributed by atoms with Crippen LogP contribution < -0.4 is 15.5 Å². The average Bonchev–Trinajstić information content (AvgIpc) is 3.16. The van der Waals surface area contributed by atoms with Gasteiger partial charge in [-0.1, -0.05) is 71.5 Å². The molecular formula is C42H54N6O6S3. The second kappa shape index (κ2) is 21.9. The maximum Gasteiger partial charge on any atom is 0.264 e. The van der Waals surface area contributed by atoms with Crippen molar-refractivity contribution in [3.63, 3.8) is 0 Å². The van der Waals surface area contributed by atoms with Crippen LogP contribution in [0.25, 0.3) is 10.4 Å². The van der Waals surface area contributed by atoms with E-state index in [2.05, 4.69) is 50.2 Å². The van der Waals surface area contributed by atoms with E-state index in [-0.39, 0.29) is 30.5 Å². The van der Waals surface area contributed by atoms with Crippen molar-refractivity contribution in [3.05, 3.63) is 140 Å². The highest BCUT2D eigenvalue weighted by molar-refractivity contribution is 8.03. The van der Waals surface area contributed by atoms with Gasteiger partial charge < -0.3 is 15.5 Å². The Morgan fingerprint density at radius 1 is 0.877 bits per heavy atom. The summed E-state index contributed by atoms with van der Waals surface area (Å²) in [5.41, 5.74) is 23.4. The molecular weight excluding hydrogens is 781 g/mol. The summed E-state index contributed by atoms with van der Waals surface area (Å²) < 4.78 is 64.3. The van der Waals surface area contributed by atoms with Gasteiger partial charge in [0.2, 0.25) is 0 Å². The number of aryl methyl sites for hydroxylation is 2. The Hall–Kier alpha value is -4.50. The number of azide groups is 1. The number of hydrogen-bond acceptors (Lipinski definition) is 9. The molecule has 0 aromatic heterocycles. The molecule has 4 rings (SSSR count). The van der Waals surface area contributed by atoms with Crippen molar-refractivity contribution in [1.29, 1.82) is 0 Å². The largest absolute Gasteiger partial charge is 0.399 e. The molecule has 0 radical (unpaired) electrons. The molecule has 57 heavy (non-hydrogen) atoms. The molecule has 3 aromatic carbocycles. The van der Waals surface area contributed by atoms with Gasteiger partial charge in [0.05, 0.1) is 17.5 Å². The lowest BCUT2D eigenvalue weighted by atomic mass is 9.93. The molecule has 0 fully saturated rings. The minimum absolute atomic E-state index is 0.150. The van der Waals surface area contributed by atoms with Gasteiger partial charge in [0.15, 0.2) is 0 Å². The number of allylic oxidation sites excluding steroid dienone is 6. The first-order valence-corrected chi connectivity index (χ1v) is 23.1. The molecule has 0 saturated heterocycles. The minimum Gasteiger partial charge on any atom is -0.399 e. The lowest BCUT2D eigenvalue weighted by molar-refractivity contribution is 0.477. The van der Waals surface area contributed by atoms with Crippen molar-refractivity contribution in [3.8, 4) is 0 Å². The molecule has 12 nitrogen and oxygen atoms in total. The quantitative estimate of drug-likeness (QED) is 0.0233. The number of para-hydroxylation sites is 2. The number of hydrogen-bond donors (Lipinski definition) is 3. The van der Waals surface area contributed by atoms with Gasteiger partial charge in [-0.25, -0.2) is 0 Å². The predicted octanol–water partition coefficient (Wildman–Crippen LogP) is 9.83. The van der Waals surface area contributed by atoms with Crippen LogP contribution in [0, 0.1) is 13.8 Å². The first-order chi connectivity index (χ1) is 27.1. The summed E-state index contributed by atoms with van der Waals surface area (Å²) in [5.74, 6) is -0.613. The van der Waals surface area contributed by atoms with Gasteiger partial charge in [-0.05, 0) is 136 Å². The van der Waals surface area contributed by atoms with Gasteiger partial charge in [-0.2, -0.15) is 16.8 Å². The SMILES string of the molecule is C/C(=C\C=C1/CCCC(/C=C/C(CN=[N+]=[N-])N(CCCCS(=O)(=O)O)c2ccccc2C)=C1Sc1ccc(N)cc1)N(CCCCS(=O)(=O)O)c1ccccc1C. The molecule has 306 valence electrons. The van der Waals surface area contributed by atoms with Gasteiger partial charge in [0.1, 0.15) is 0 Å². The van der Waals surface area contributed by atoms with E-state index in [4.69, 9.17) is 5.73 Å². The molecule has 1 aliphatic rings. The van der Waals surface area contributed by atoms with Gasteiger partial charge in [0.25, 0.3) is 20.2 Å². The summed E-state index contributed by atoms with van der Waals surface area (Å²) in [6.07, 6.45) is 12.7. The van der Waals surface area contributed by atoms with E-state index in [1.165, 1.54) is 0 Å². The van der Waals surface area contributed by atoms with Crippen LogP contribution in [0.1, 0.15) is 63.0 Å². The van der Waals surface area contributed by atoms with Crippen LogP contribution in [0.15, 0.2) is 129 Å². The molecule has 0 saturated carbocycles. The van der Waals surface area contributed by atoms with E-state index in [1.807, 2.05) is 87.5 Å². The Balaban J connectivity index is 1.76. The Kier molecular flexibility index (Phi) is 17.3. The lowest BCUT2D eigenvalue weighted by Crippen LogP contribution is -2.37. The smallest absolute Gasteiger partial charge is 0.264 e. The molecule has 0 amide bonds. The molecule has 0 heterocycles. The maximum absolute atomic E-state index is 11.5. The van der Waals surface area contributed by atoms with Crippen LogP contribution in [0.2, 0.25) is 0 Å². The number of thioether (sulfide) groups is 1. The first kappa shape index (κ1) is 45.2. The third-order valence-corrected chi connectivity index (χ3v) is 12.5. The van der Waals surface area contributed by atoms with Gasteiger partial charge in [0, 0.05) is 57.1 Å². The van der Waals surface area contributed by atoms with Gasteiger partial charge >= 0.3 is 0 Å². The number of unbranched alkanes of at least 4 members (excludes halogenated alkanes) is 2. The number of rotatable bonds is 21. The van der Waals surface area contributed by atoms with Crippen LogP contribution >= 0.6 is 11.8 Å². The molecule has 1 unspecified atom stereocenters. The number of nitrogens with zero attached hydrogens (tertiary/aromatic N) is 5. The van der Waals surface area contributed by atoms with Gasteiger partial charge in [-0.15, -0.1) is 0 Å². The van der Waals surface area contributed by atoms with Gasteiger partial charge in [-0.3, -0.25) is 9.11 Å².